The second-order valence-electron chi connectivity index (χ2n) is 5.90. The van der Waals surface area contributed by atoms with Gasteiger partial charge in [-0.2, -0.15) is 11.3 Å². The number of rotatable bonds is 4. The predicted octanol–water partition coefficient (Wildman–Crippen LogP) is 4.23. The van der Waals surface area contributed by atoms with Gasteiger partial charge >= 0.3 is 0 Å². The van der Waals surface area contributed by atoms with Crippen LogP contribution in [0.2, 0.25) is 0 Å². The molecule has 0 saturated carbocycles. The molecule has 3 aromatic rings. The average molecular weight is 389 g/mol. The molecule has 1 amide bonds. The molecular formula is C18H16FN3O2S2. The van der Waals surface area contributed by atoms with E-state index >= 15 is 0 Å². The van der Waals surface area contributed by atoms with E-state index in [-0.39, 0.29) is 11.9 Å². The van der Waals surface area contributed by atoms with Crippen LogP contribution in [-0.4, -0.2) is 35.1 Å². The molecule has 134 valence electrons. The summed E-state index contributed by atoms with van der Waals surface area (Å²) in [6, 6.07) is 4.82. The van der Waals surface area contributed by atoms with Crippen molar-refractivity contribution in [2.75, 3.05) is 18.1 Å². The highest BCUT2D eigenvalue weighted by Gasteiger charge is 2.30. The number of carbonyl (C=O) groups excluding carboxylic acids is 1. The van der Waals surface area contributed by atoms with Crippen molar-refractivity contribution in [1.29, 1.82) is 0 Å². The third-order valence-corrected chi connectivity index (χ3v) is 5.94. The molecule has 0 bridgehead atoms. The first-order valence-electron chi connectivity index (χ1n) is 8.23. The number of ether oxygens (including phenoxy) is 1. The average Bonchev–Trinajstić information content (AvgIpc) is 3.36. The third-order valence-electron chi connectivity index (χ3n) is 4.22. The zero-order valence-electron chi connectivity index (χ0n) is 13.8. The number of thiophene rings is 1. The molecule has 0 N–H and O–H groups in total. The Morgan fingerprint density at radius 3 is 2.73 bits per heavy atom. The number of hydrogen-bond acceptors (Lipinski definition) is 6. The van der Waals surface area contributed by atoms with Gasteiger partial charge in [0.2, 0.25) is 0 Å². The van der Waals surface area contributed by atoms with E-state index < -0.39 is 5.82 Å². The van der Waals surface area contributed by atoms with Crippen LogP contribution in [0.4, 0.5) is 10.2 Å². The molecule has 0 spiro atoms. The van der Waals surface area contributed by atoms with Crippen LogP contribution in [0.3, 0.4) is 0 Å². The first-order valence-corrected chi connectivity index (χ1v) is 9.99. The normalized spacial score (nSPS) is 15.1. The van der Waals surface area contributed by atoms with Crippen LogP contribution in [-0.2, 0) is 4.74 Å². The minimum atomic E-state index is -0.425. The van der Waals surface area contributed by atoms with Gasteiger partial charge in [-0.3, -0.25) is 9.69 Å². The fraction of sp³-hybridized carbons (Fsp3) is 0.278. The van der Waals surface area contributed by atoms with Crippen LogP contribution in [0, 0.1) is 5.82 Å². The number of halogens is 1. The van der Waals surface area contributed by atoms with Gasteiger partial charge in [0.1, 0.15) is 21.5 Å². The molecule has 0 atom stereocenters. The van der Waals surface area contributed by atoms with E-state index in [0.29, 0.717) is 23.9 Å². The Bertz CT molecular complexity index is 874. The Morgan fingerprint density at radius 2 is 2.04 bits per heavy atom. The lowest BCUT2D eigenvalue weighted by molar-refractivity contribution is 0.0772. The molecule has 0 aliphatic carbocycles. The van der Waals surface area contributed by atoms with Crippen LogP contribution in [0.1, 0.15) is 22.5 Å². The largest absolute Gasteiger partial charge is 0.381 e. The van der Waals surface area contributed by atoms with Crippen LogP contribution in [0.15, 0.2) is 41.4 Å². The standard InChI is InChI=1S/C18H16FN3O2S2/c19-13-1-2-16(20-9-13)22(14-3-6-24-7-4-14)18(23)15-10-21-17(26-15)12-5-8-25-11-12/h1-2,5,8-11,14H,3-4,6-7H2. The van der Waals surface area contributed by atoms with E-state index in [1.165, 1.54) is 17.4 Å². The quantitative estimate of drug-likeness (QED) is 0.670. The summed E-state index contributed by atoms with van der Waals surface area (Å²) in [6.07, 6.45) is 4.19. The van der Waals surface area contributed by atoms with Gasteiger partial charge in [-0.25, -0.2) is 14.4 Å². The first kappa shape index (κ1) is 17.3. The number of aromatic nitrogens is 2. The Balaban J connectivity index is 1.66. The highest BCUT2D eigenvalue weighted by molar-refractivity contribution is 7.17. The Hall–Kier alpha value is -2.16. The molecule has 1 fully saturated rings. The number of thiazole rings is 1. The fourth-order valence-corrected chi connectivity index (χ4v) is 4.49. The van der Waals surface area contributed by atoms with Crippen LogP contribution in [0.25, 0.3) is 10.6 Å². The minimum Gasteiger partial charge on any atom is -0.381 e. The van der Waals surface area contributed by atoms with E-state index in [2.05, 4.69) is 9.97 Å². The lowest BCUT2D eigenvalue weighted by atomic mass is 10.1. The molecule has 1 aliphatic rings. The maximum Gasteiger partial charge on any atom is 0.271 e. The van der Waals surface area contributed by atoms with Crippen molar-refractivity contribution in [3.05, 3.63) is 52.0 Å². The summed E-state index contributed by atoms with van der Waals surface area (Å²) in [5.74, 6) is -0.130. The van der Waals surface area contributed by atoms with Gasteiger partial charge in [-0.05, 0) is 36.4 Å². The van der Waals surface area contributed by atoms with Crippen LogP contribution in [0.5, 0.6) is 0 Å². The Labute approximate surface area is 158 Å². The summed E-state index contributed by atoms with van der Waals surface area (Å²) in [5.41, 5.74) is 1.01. The second-order valence-corrected chi connectivity index (χ2v) is 7.71. The zero-order valence-corrected chi connectivity index (χ0v) is 15.4. The molecule has 0 aromatic carbocycles. The van der Waals surface area contributed by atoms with Gasteiger partial charge in [-0.15, -0.1) is 11.3 Å². The molecule has 26 heavy (non-hydrogen) atoms. The summed E-state index contributed by atoms with van der Waals surface area (Å²) in [6.45, 7) is 1.19. The van der Waals surface area contributed by atoms with E-state index in [9.17, 15) is 9.18 Å². The fourth-order valence-electron chi connectivity index (χ4n) is 2.92. The van der Waals surface area contributed by atoms with Gasteiger partial charge < -0.3 is 4.74 Å². The smallest absolute Gasteiger partial charge is 0.271 e. The lowest BCUT2D eigenvalue weighted by Gasteiger charge is -2.33. The lowest BCUT2D eigenvalue weighted by Crippen LogP contribution is -2.44. The maximum absolute atomic E-state index is 13.3. The maximum atomic E-state index is 13.3. The van der Waals surface area contributed by atoms with Crippen LogP contribution >= 0.6 is 22.7 Å². The van der Waals surface area contributed by atoms with Crippen molar-refractivity contribution in [2.45, 2.75) is 18.9 Å². The molecule has 0 unspecified atom stereocenters. The van der Waals surface area contributed by atoms with Crippen molar-refractivity contribution in [3.8, 4) is 10.6 Å². The van der Waals surface area contributed by atoms with Gasteiger partial charge in [0, 0.05) is 30.2 Å². The molecule has 0 radical (unpaired) electrons. The van der Waals surface area contributed by atoms with Gasteiger partial charge in [0.15, 0.2) is 0 Å². The van der Waals surface area contributed by atoms with Crippen molar-refractivity contribution in [2.24, 2.45) is 0 Å². The van der Waals surface area contributed by atoms with E-state index in [4.69, 9.17) is 4.74 Å². The Kier molecular flexibility index (Phi) is 5.05. The van der Waals surface area contributed by atoms with E-state index in [1.54, 1.807) is 28.5 Å². The van der Waals surface area contributed by atoms with Gasteiger partial charge in [-0.1, -0.05) is 0 Å². The first-order chi connectivity index (χ1) is 12.7. The van der Waals surface area contributed by atoms with Crippen molar-refractivity contribution >= 4 is 34.4 Å². The number of amides is 1. The van der Waals surface area contributed by atoms with Crippen LogP contribution < -0.4 is 4.90 Å². The highest BCUT2D eigenvalue weighted by Crippen LogP contribution is 2.30. The third kappa shape index (κ3) is 3.53. The topological polar surface area (TPSA) is 55.3 Å². The SMILES string of the molecule is O=C(c1cnc(-c2ccsc2)s1)N(c1ccc(F)cn1)C1CCOCC1. The van der Waals surface area contributed by atoms with Gasteiger partial charge in [0.05, 0.1) is 12.4 Å². The Morgan fingerprint density at radius 1 is 1.19 bits per heavy atom. The number of anilines is 1. The van der Waals surface area contributed by atoms with Crippen molar-refractivity contribution < 1.29 is 13.9 Å². The van der Waals surface area contributed by atoms with Crippen molar-refractivity contribution in [1.82, 2.24) is 9.97 Å². The number of pyridine rings is 1. The summed E-state index contributed by atoms with van der Waals surface area (Å²) in [7, 11) is 0. The molecule has 8 heteroatoms. The monoisotopic (exact) mass is 389 g/mol. The predicted molar refractivity (Wildman–Crippen MR) is 100 cm³/mol. The molecule has 1 saturated heterocycles. The number of carbonyl (C=O) groups is 1. The number of hydrogen-bond donors (Lipinski definition) is 0. The zero-order chi connectivity index (χ0) is 17.9. The number of nitrogens with zero attached hydrogens (tertiary/aromatic N) is 3. The molecular weight excluding hydrogens is 373 g/mol. The summed E-state index contributed by atoms with van der Waals surface area (Å²) in [5, 5.41) is 4.80. The summed E-state index contributed by atoms with van der Waals surface area (Å²) < 4.78 is 18.7. The minimum absolute atomic E-state index is 0.0269. The highest BCUT2D eigenvalue weighted by atomic mass is 32.1. The molecule has 3 aromatic heterocycles. The van der Waals surface area contributed by atoms with E-state index in [0.717, 1.165) is 29.6 Å². The van der Waals surface area contributed by atoms with Crippen molar-refractivity contribution in [3.63, 3.8) is 0 Å². The summed E-state index contributed by atoms with van der Waals surface area (Å²) >= 11 is 2.95. The van der Waals surface area contributed by atoms with E-state index in [1.807, 2.05) is 16.8 Å². The molecule has 5 nitrogen and oxygen atoms in total. The second kappa shape index (κ2) is 7.61. The molecule has 1 aliphatic heterocycles. The molecule has 4 heterocycles. The summed E-state index contributed by atoms with van der Waals surface area (Å²) in [4.78, 5) is 24.0. The molecule has 4 rings (SSSR count). The van der Waals surface area contributed by atoms with Gasteiger partial charge in [0.25, 0.3) is 5.91 Å².